The summed E-state index contributed by atoms with van der Waals surface area (Å²) in [5.41, 5.74) is -0.00313. The molecule has 0 amide bonds. The molecule has 0 radical (unpaired) electrons. The lowest BCUT2D eigenvalue weighted by molar-refractivity contribution is -0.137. The Morgan fingerprint density at radius 1 is 1.59 bits per heavy atom. The smallest absolute Gasteiger partial charge is 0.306 e. The Balaban J connectivity index is 2.40. The number of carbonyl (C=O) groups excluding carboxylic acids is 1. The van der Waals surface area contributed by atoms with Crippen molar-refractivity contribution in [3.8, 4) is 0 Å². The van der Waals surface area contributed by atoms with Gasteiger partial charge in [-0.25, -0.2) is 0 Å². The fourth-order valence-electron chi connectivity index (χ4n) is 2.28. The van der Waals surface area contributed by atoms with Gasteiger partial charge in [0, 0.05) is 5.41 Å². The van der Waals surface area contributed by atoms with Gasteiger partial charge in [0.25, 0.3) is 0 Å². The summed E-state index contributed by atoms with van der Waals surface area (Å²) >= 11 is 0. The van der Waals surface area contributed by atoms with Crippen molar-refractivity contribution in [1.82, 2.24) is 0 Å². The monoisotopic (exact) mass is 240 g/mol. The van der Waals surface area contributed by atoms with Crippen LogP contribution in [0.4, 0.5) is 0 Å². The van der Waals surface area contributed by atoms with E-state index < -0.39 is 0 Å². The third-order valence-electron chi connectivity index (χ3n) is 3.25. The SMILES string of the molecule is C=COC(CCC1(C)COC(=O)C1)CC(C)C. The molecule has 1 fully saturated rings. The third-order valence-corrected chi connectivity index (χ3v) is 3.25. The first-order chi connectivity index (χ1) is 7.95. The van der Waals surface area contributed by atoms with Crippen LogP contribution >= 0.6 is 0 Å². The van der Waals surface area contributed by atoms with Gasteiger partial charge in [-0.3, -0.25) is 4.79 Å². The predicted octanol–water partition coefficient (Wildman–Crippen LogP) is 3.29. The van der Waals surface area contributed by atoms with Crippen molar-refractivity contribution in [2.45, 2.75) is 52.6 Å². The Kier molecular flexibility index (Phi) is 5.03. The topological polar surface area (TPSA) is 35.5 Å². The molecule has 1 aliphatic rings. The molecule has 2 atom stereocenters. The van der Waals surface area contributed by atoms with E-state index in [1.54, 1.807) is 0 Å². The minimum atomic E-state index is -0.0717. The summed E-state index contributed by atoms with van der Waals surface area (Å²) in [7, 11) is 0. The average molecular weight is 240 g/mol. The minimum absolute atomic E-state index is 0.00313. The molecule has 0 bridgehead atoms. The molecule has 0 aromatic heterocycles. The highest BCUT2D eigenvalue weighted by atomic mass is 16.5. The summed E-state index contributed by atoms with van der Waals surface area (Å²) in [4.78, 5) is 11.1. The van der Waals surface area contributed by atoms with Crippen LogP contribution < -0.4 is 0 Å². The number of hydrogen-bond donors (Lipinski definition) is 0. The second-order valence-electron chi connectivity index (χ2n) is 5.74. The zero-order valence-corrected chi connectivity index (χ0v) is 11.2. The molecule has 3 heteroatoms. The Labute approximate surface area is 104 Å². The first kappa shape index (κ1) is 14.1. The third kappa shape index (κ3) is 4.80. The predicted molar refractivity (Wildman–Crippen MR) is 67.4 cm³/mol. The fraction of sp³-hybridized carbons (Fsp3) is 0.786. The normalized spacial score (nSPS) is 25.8. The summed E-state index contributed by atoms with van der Waals surface area (Å²) in [5, 5.41) is 0. The van der Waals surface area contributed by atoms with Gasteiger partial charge in [-0.15, -0.1) is 0 Å². The van der Waals surface area contributed by atoms with Crippen molar-refractivity contribution < 1.29 is 14.3 Å². The van der Waals surface area contributed by atoms with Gasteiger partial charge in [0.15, 0.2) is 0 Å². The average Bonchev–Trinajstić information content (AvgIpc) is 2.56. The van der Waals surface area contributed by atoms with Crippen LogP contribution in [-0.2, 0) is 14.3 Å². The van der Waals surface area contributed by atoms with Crippen LogP contribution in [0.5, 0.6) is 0 Å². The van der Waals surface area contributed by atoms with Gasteiger partial charge < -0.3 is 9.47 Å². The van der Waals surface area contributed by atoms with E-state index in [1.807, 2.05) is 0 Å². The maximum atomic E-state index is 11.1. The van der Waals surface area contributed by atoms with Crippen LogP contribution in [-0.4, -0.2) is 18.7 Å². The Bertz CT molecular complexity index is 273. The number of ether oxygens (including phenoxy) is 2. The summed E-state index contributed by atoms with van der Waals surface area (Å²) in [5.74, 6) is 0.534. The molecule has 1 aliphatic heterocycles. The van der Waals surface area contributed by atoms with Crippen molar-refractivity contribution in [2.75, 3.05) is 6.61 Å². The van der Waals surface area contributed by atoms with Crippen LogP contribution in [0.1, 0.15) is 46.5 Å². The van der Waals surface area contributed by atoms with Gasteiger partial charge >= 0.3 is 5.97 Å². The van der Waals surface area contributed by atoms with E-state index in [9.17, 15) is 4.79 Å². The van der Waals surface area contributed by atoms with Gasteiger partial charge in [-0.1, -0.05) is 27.4 Å². The number of cyclic esters (lactones) is 1. The summed E-state index contributed by atoms with van der Waals surface area (Å²) in [6.07, 6.45) is 5.21. The maximum absolute atomic E-state index is 11.1. The van der Waals surface area contributed by atoms with E-state index in [0.717, 1.165) is 19.3 Å². The molecule has 2 unspecified atom stereocenters. The Morgan fingerprint density at radius 2 is 2.29 bits per heavy atom. The van der Waals surface area contributed by atoms with Crippen LogP contribution in [0, 0.1) is 11.3 Å². The molecule has 0 saturated carbocycles. The summed E-state index contributed by atoms with van der Waals surface area (Å²) in [6.45, 7) is 10.6. The second-order valence-corrected chi connectivity index (χ2v) is 5.74. The lowest BCUT2D eigenvalue weighted by atomic mass is 9.83. The highest BCUT2D eigenvalue weighted by molar-refractivity contribution is 5.72. The van der Waals surface area contributed by atoms with Gasteiger partial charge in [0.2, 0.25) is 0 Å². The van der Waals surface area contributed by atoms with Gasteiger partial charge in [-0.05, 0) is 25.2 Å². The van der Waals surface area contributed by atoms with Crippen LogP contribution in [0.3, 0.4) is 0 Å². The number of carbonyl (C=O) groups is 1. The molecule has 1 rings (SSSR count). The van der Waals surface area contributed by atoms with Gasteiger partial charge in [0.1, 0.15) is 0 Å². The number of esters is 1. The molecule has 0 aliphatic carbocycles. The standard InChI is InChI=1S/C14H24O3/c1-5-16-12(8-11(2)3)6-7-14(4)9-13(15)17-10-14/h5,11-12H,1,6-10H2,2-4H3. The number of rotatable bonds is 7. The van der Waals surface area contributed by atoms with Crippen molar-refractivity contribution in [1.29, 1.82) is 0 Å². The quantitative estimate of drug-likeness (QED) is 0.506. The molecule has 0 aromatic rings. The van der Waals surface area contributed by atoms with E-state index >= 15 is 0 Å². The highest BCUT2D eigenvalue weighted by Crippen LogP contribution is 2.35. The van der Waals surface area contributed by atoms with Crippen molar-refractivity contribution in [3.63, 3.8) is 0 Å². The van der Waals surface area contributed by atoms with Crippen molar-refractivity contribution >= 4 is 5.97 Å². The van der Waals surface area contributed by atoms with Crippen molar-refractivity contribution in [2.24, 2.45) is 11.3 Å². The van der Waals surface area contributed by atoms with E-state index in [2.05, 4.69) is 27.4 Å². The second kappa shape index (κ2) is 6.08. The van der Waals surface area contributed by atoms with Crippen LogP contribution in [0.25, 0.3) is 0 Å². The molecule has 17 heavy (non-hydrogen) atoms. The lowest BCUT2D eigenvalue weighted by Gasteiger charge is -2.24. The molecule has 0 aromatic carbocycles. The summed E-state index contributed by atoms with van der Waals surface area (Å²) in [6, 6.07) is 0. The molecule has 1 saturated heterocycles. The van der Waals surface area contributed by atoms with Crippen LogP contribution in [0.2, 0.25) is 0 Å². The highest BCUT2D eigenvalue weighted by Gasteiger charge is 2.36. The fourth-order valence-corrected chi connectivity index (χ4v) is 2.28. The minimum Gasteiger partial charge on any atom is -0.499 e. The van der Waals surface area contributed by atoms with Gasteiger partial charge in [-0.2, -0.15) is 0 Å². The molecule has 0 N–H and O–H groups in total. The molecular formula is C14H24O3. The molecule has 0 spiro atoms. The largest absolute Gasteiger partial charge is 0.499 e. The molecule has 3 nitrogen and oxygen atoms in total. The lowest BCUT2D eigenvalue weighted by Crippen LogP contribution is -2.21. The zero-order valence-electron chi connectivity index (χ0n) is 11.2. The summed E-state index contributed by atoms with van der Waals surface area (Å²) < 4.78 is 10.6. The van der Waals surface area contributed by atoms with E-state index in [4.69, 9.17) is 9.47 Å². The number of hydrogen-bond acceptors (Lipinski definition) is 3. The van der Waals surface area contributed by atoms with E-state index in [1.165, 1.54) is 6.26 Å². The molecule has 98 valence electrons. The van der Waals surface area contributed by atoms with E-state index in [0.29, 0.717) is 18.9 Å². The zero-order chi connectivity index (χ0) is 12.9. The molecular weight excluding hydrogens is 216 g/mol. The Hall–Kier alpha value is -0.990. The molecule has 1 heterocycles. The maximum Gasteiger partial charge on any atom is 0.306 e. The van der Waals surface area contributed by atoms with Gasteiger partial charge in [0.05, 0.1) is 25.4 Å². The van der Waals surface area contributed by atoms with Crippen molar-refractivity contribution in [3.05, 3.63) is 12.8 Å². The first-order valence-electron chi connectivity index (χ1n) is 6.37. The first-order valence-corrected chi connectivity index (χ1v) is 6.37. The Morgan fingerprint density at radius 3 is 2.76 bits per heavy atom. The van der Waals surface area contributed by atoms with E-state index in [-0.39, 0.29) is 17.5 Å². The van der Waals surface area contributed by atoms with Crippen LogP contribution in [0.15, 0.2) is 12.8 Å².